The molecule has 32 heavy (non-hydrogen) atoms. The third-order valence-corrected chi connectivity index (χ3v) is 5.52. The van der Waals surface area contributed by atoms with Gasteiger partial charge in [-0.15, -0.1) is 0 Å². The van der Waals surface area contributed by atoms with Gasteiger partial charge in [-0.2, -0.15) is 0 Å². The van der Waals surface area contributed by atoms with Gasteiger partial charge in [0.1, 0.15) is 0 Å². The van der Waals surface area contributed by atoms with Crippen LogP contribution in [0.2, 0.25) is 0 Å². The minimum Gasteiger partial charge on any atom is -0.450 e. The molecule has 0 bridgehead atoms. The molecule has 8 nitrogen and oxygen atoms in total. The van der Waals surface area contributed by atoms with E-state index in [1.165, 1.54) is 69.9 Å². The van der Waals surface area contributed by atoms with Gasteiger partial charge in [-0.1, -0.05) is 96.1 Å². The van der Waals surface area contributed by atoms with Crippen LogP contribution in [0.25, 0.3) is 0 Å². The van der Waals surface area contributed by atoms with E-state index in [4.69, 9.17) is 9.84 Å². The highest BCUT2D eigenvalue weighted by molar-refractivity contribution is 5.78. The number of hydrogen-bond donors (Lipinski definition) is 1. The molecular weight excluding hydrogens is 414 g/mol. The second kappa shape index (κ2) is 17.0. The number of esters is 1. The fraction of sp³-hybridized carbons (Fsp3) is 0.667. The number of benzene rings is 1. The Morgan fingerprint density at radius 3 is 1.84 bits per heavy atom. The van der Waals surface area contributed by atoms with Gasteiger partial charge in [-0.25, -0.2) is 4.79 Å². The average molecular weight is 452 g/mol. The quantitative estimate of drug-likeness (QED) is 0.0842. The van der Waals surface area contributed by atoms with Crippen LogP contribution in [0, 0.1) is 10.1 Å². The summed E-state index contributed by atoms with van der Waals surface area (Å²) in [5.41, 5.74) is 0.555. The average Bonchev–Trinajstić information content (AvgIpc) is 2.77. The molecule has 1 aromatic rings. The van der Waals surface area contributed by atoms with Crippen molar-refractivity contribution >= 4 is 17.8 Å². The zero-order valence-corrected chi connectivity index (χ0v) is 19.1. The van der Waals surface area contributed by atoms with Crippen LogP contribution < -0.4 is 0 Å². The summed E-state index contributed by atoms with van der Waals surface area (Å²) in [5.74, 6) is -1.21. The molecule has 0 heterocycles. The summed E-state index contributed by atoms with van der Waals surface area (Å²) >= 11 is 0. The smallest absolute Gasteiger partial charge is 0.450 e. The number of carbonyl (C=O) groups excluding carboxylic acids is 1. The first-order valence-electron chi connectivity index (χ1n) is 11.7. The molecule has 0 aromatic heterocycles. The molecule has 0 radical (unpaired) electrons. The number of nitrogens with zero attached hydrogens (tertiary/aromatic N) is 1. The first-order chi connectivity index (χ1) is 15.5. The third-order valence-electron chi connectivity index (χ3n) is 5.52. The molecule has 0 aliphatic heterocycles. The van der Waals surface area contributed by atoms with E-state index < -0.39 is 29.8 Å². The lowest BCUT2D eigenvalue weighted by Crippen LogP contribution is -2.19. The first-order valence-corrected chi connectivity index (χ1v) is 11.7. The molecule has 0 aliphatic carbocycles. The Balaban J connectivity index is 2.38. The van der Waals surface area contributed by atoms with Crippen LogP contribution in [-0.4, -0.2) is 28.9 Å². The van der Waals surface area contributed by atoms with E-state index in [1.807, 2.05) is 0 Å². The Kier molecular flexibility index (Phi) is 14.5. The number of non-ortho nitro benzene ring substituents is 1. The van der Waals surface area contributed by atoms with Crippen LogP contribution in [-0.2, 0) is 14.3 Å². The second-order valence-electron chi connectivity index (χ2n) is 8.07. The zero-order chi connectivity index (χ0) is 23.6. The van der Waals surface area contributed by atoms with Crippen molar-refractivity contribution in [2.75, 3.05) is 6.79 Å². The molecular formula is C24H37NO7. The van der Waals surface area contributed by atoms with Crippen molar-refractivity contribution in [1.29, 1.82) is 0 Å². The van der Waals surface area contributed by atoms with E-state index in [0.717, 1.165) is 19.3 Å². The van der Waals surface area contributed by atoms with Crippen molar-refractivity contribution in [3.63, 3.8) is 0 Å². The number of carboxylic acid groups (broad SMARTS) is 1. The Labute approximate surface area is 190 Å². The lowest BCUT2D eigenvalue weighted by Gasteiger charge is -2.16. The predicted molar refractivity (Wildman–Crippen MR) is 122 cm³/mol. The lowest BCUT2D eigenvalue weighted by atomic mass is 9.92. The molecule has 0 amide bonds. The van der Waals surface area contributed by atoms with E-state index in [1.54, 1.807) is 12.1 Å². The van der Waals surface area contributed by atoms with Gasteiger partial charge in [0.25, 0.3) is 5.69 Å². The summed E-state index contributed by atoms with van der Waals surface area (Å²) in [6, 6.07) is 5.79. The number of nitro groups is 1. The van der Waals surface area contributed by atoms with E-state index in [2.05, 4.69) is 11.7 Å². The van der Waals surface area contributed by atoms with Gasteiger partial charge in [0.2, 0.25) is 6.79 Å². The SMILES string of the molecule is CCCCCCCCCCCCCCC(C(=O)OCOC(=O)O)c1ccc([N+](=O)[O-])cc1. The van der Waals surface area contributed by atoms with Crippen LogP contribution in [0.15, 0.2) is 24.3 Å². The van der Waals surface area contributed by atoms with Crippen molar-refractivity contribution in [2.24, 2.45) is 0 Å². The molecule has 0 spiro atoms. The molecule has 1 N–H and O–H groups in total. The summed E-state index contributed by atoms with van der Waals surface area (Å²) in [7, 11) is 0. The number of nitro benzene ring substituents is 1. The topological polar surface area (TPSA) is 116 Å². The summed E-state index contributed by atoms with van der Waals surface area (Å²) in [4.78, 5) is 33.3. The van der Waals surface area contributed by atoms with Gasteiger partial charge in [0.05, 0.1) is 10.8 Å². The van der Waals surface area contributed by atoms with Gasteiger partial charge in [-0.05, 0) is 12.0 Å². The van der Waals surface area contributed by atoms with E-state index in [0.29, 0.717) is 12.0 Å². The molecule has 1 rings (SSSR count). The van der Waals surface area contributed by atoms with Gasteiger partial charge < -0.3 is 14.6 Å². The number of ether oxygens (including phenoxy) is 2. The van der Waals surface area contributed by atoms with Crippen LogP contribution in [0.3, 0.4) is 0 Å². The standard InChI is InChI=1S/C24H37NO7/c1-2-3-4-5-6-7-8-9-10-11-12-13-14-22(23(26)31-19-32-24(27)28)20-15-17-21(18-16-20)25(29)30/h15-18,22H,2-14,19H2,1H3,(H,27,28). The fourth-order valence-corrected chi connectivity index (χ4v) is 3.68. The summed E-state index contributed by atoms with van der Waals surface area (Å²) < 4.78 is 9.18. The Hall–Kier alpha value is -2.64. The maximum absolute atomic E-state index is 12.4. The zero-order valence-electron chi connectivity index (χ0n) is 19.1. The van der Waals surface area contributed by atoms with Crippen molar-refractivity contribution in [2.45, 2.75) is 96.3 Å². The lowest BCUT2D eigenvalue weighted by molar-refractivity contribution is -0.384. The molecule has 0 aliphatic rings. The minimum atomic E-state index is -1.52. The minimum absolute atomic E-state index is 0.0551. The van der Waals surface area contributed by atoms with Crippen LogP contribution in [0.4, 0.5) is 10.5 Å². The van der Waals surface area contributed by atoms with Crippen molar-refractivity contribution < 1.29 is 29.1 Å². The van der Waals surface area contributed by atoms with E-state index in [-0.39, 0.29) is 5.69 Å². The van der Waals surface area contributed by atoms with E-state index in [9.17, 15) is 19.7 Å². The molecule has 8 heteroatoms. The molecule has 1 unspecified atom stereocenters. The largest absolute Gasteiger partial charge is 0.508 e. The normalized spacial score (nSPS) is 11.7. The maximum Gasteiger partial charge on any atom is 0.508 e. The second-order valence-corrected chi connectivity index (χ2v) is 8.07. The summed E-state index contributed by atoms with van der Waals surface area (Å²) in [6.45, 7) is 1.56. The fourth-order valence-electron chi connectivity index (χ4n) is 3.68. The Morgan fingerprint density at radius 2 is 1.38 bits per heavy atom. The van der Waals surface area contributed by atoms with Crippen LogP contribution in [0.5, 0.6) is 0 Å². The first kappa shape index (κ1) is 27.4. The van der Waals surface area contributed by atoms with Crippen molar-refractivity contribution in [1.82, 2.24) is 0 Å². The van der Waals surface area contributed by atoms with Crippen LogP contribution in [0.1, 0.15) is 102 Å². The van der Waals surface area contributed by atoms with Crippen LogP contribution >= 0.6 is 0 Å². The number of carbonyl (C=O) groups is 2. The van der Waals surface area contributed by atoms with Gasteiger partial charge >= 0.3 is 12.1 Å². The number of rotatable bonds is 18. The summed E-state index contributed by atoms with van der Waals surface area (Å²) in [5, 5.41) is 19.4. The number of unbranched alkanes of at least 4 members (excludes halogenated alkanes) is 11. The molecule has 180 valence electrons. The molecule has 1 atom stereocenters. The van der Waals surface area contributed by atoms with E-state index >= 15 is 0 Å². The predicted octanol–water partition coefficient (Wildman–Crippen LogP) is 6.96. The highest BCUT2D eigenvalue weighted by Gasteiger charge is 2.23. The molecule has 0 saturated heterocycles. The third kappa shape index (κ3) is 12.3. The molecule has 0 saturated carbocycles. The van der Waals surface area contributed by atoms with Crippen molar-refractivity contribution in [3.05, 3.63) is 39.9 Å². The Morgan fingerprint density at radius 1 is 0.875 bits per heavy atom. The molecule has 0 fully saturated rings. The number of hydrogen-bond acceptors (Lipinski definition) is 6. The van der Waals surface area contributed by atoms with Crippen molar-refractivity contribution in [3.8, 4) is 0 Å². The molecule has 1 aromatic carbocycles. The highest BCUT2D eigenvalue weighted by Crippen LogP contribution is 2.26. The monoisotopic (exact) mass is 451 g/mol. The maximum atomic E-state index is 12.4. The Bertz CT molecular complexity index is 675. The van der Waals surface area contributed by atoms with Gasteiger partial charge in [0.15, 0.2) is 0 Å². The summed E-state index contributed by atoms with van der Waals surface area (Å²) in [6.07, 6.45) is 13.5. The highest BCUT2D eigenvalue weighted by atomic mass is 16.7. The van der Waals surface area contributed by atoms with Gasteiger partial charge in [0, 0.05) is 12.1 Å². The van der Waals surface area contributed by atoms with Gasteiger partial charge in [-0.3, -0.25) is 14.9 Å².